The van der Waals surface area contributed by atoms with Crippen LogP contribution in [0.3, 0.4) is 0 Å². The molecule has 0 aliphatic heterocycles. The summed E-state index contributed by atoms with van der Waals surface area (Å²) in [5.41, 5.74) is 4.55. The lowest BCUT2D eigenvalue weighted by Crippen LogP contribution is -2.23. The van der Waals surface area contributed by atoms with Crippen molar-refractivity contribution in [2.45, 2.75) is 58.6 Å². The fourth-order valence-corrected chi connectivity index (χ4v) is 4.84. The fraction of sp³-hybridized carbons (Fsp3) is 0.545. The van der Waals surface area contributed by atoms with Crippen molar-refractivity contribution in [3.05, 3.63) is 41.2 Å². The highest BCUT2D eigenvalue weighted by atomic mass is 28.3. The van der Waals surface area contributed by atoms with Crippen molar-refractivity contribution in [2.75, 3.05) is 6.61 Å². The Morgan fingerprint density at radius 2 is 2.14 bits per heavy atom. The number of phenols is 1. The van der Waals surface area contributed by atoms with Crippen molar-refractivity contribution < 1.29 is 9.84 Å². The predicted molar refractivity (Wildman–Crippen MR) is 115 cm³/mol. The summed E-state index contributed by atoms with van der Waals surface area (Å²) in [6.45, 7) is 10.8. The summed E-state index contributed by atoms with van der Waals surface area (Å²) in [4.78, 5) is 4.50. The number of aliphatic imine (C=N–C) groups is 1. The molecule has 150 valence electrons. The van der Waals surface area contributed by atoms with E-state index in [1.807, 2.05) is 16.8 Å². The second-order valence-corrected chi connectivity index (χ2v) is 15.5. The average Bonchev–Trinajstić information content (AvgIpc) is 3.19. The van der Waals surface area contributed by atoms with Crippen LogP contribution in [0.4, 0.5) is 5.69 Å². The minimum atomic E-state index is -1.09. The van der Waals surface area contributed by atoms with Crippen molar-refractivity contribution in [1.82, 2.24) is 9.78 Å². The van der Waals surface area contributed by atoms with Crippen molar-refractivity contribution in [1.29, 1.82) is 0 Å². The Labute approximate surface area is 168 Å². The molecule has 4 rings (SSSR count). The van der Waals surface area contributed by atoms with E-state index in [4.69, 9.17) is 9.84 Å². The first-order valence-corrected chi connectivity index (χ1v) is 13.9. The molecule has 1 heterocycles. The standard InChI is InChI=1S/C22H31N3O2Si/c1-22-12-16(22)11-17-19(14-23-18-7-5-6-8-21(18)26)24-25(20(17)13-22)15-27-9-10-28(2,3)4/h5-8,14,16,26H,9-13,15H2,1-4H3/t16-,22-/m1/s1. The van der Waals surface area contributed by atoms with Crippen molar-refractivity contribution in [2.24, 2.45) is 16.3 Å². The van der Waals surface area contributed by atoms with Gasteiger partial charge in [-0.3, -0.25) is 4.99 Å². The van der Waals surface area contributed by atoms with Gasteiger partial charge in [-0.15, -0.1) is 0 Å². The molecular formula is C22H31N3O2Si. The number of aromatic nitrogens is 2. The van der Waals surface area contributed by atoms with E-state index in [-0.39, 0.29) is 5.75 Å². The molecule has 0 amide bonds. The van der Waals surface area contributed by atoms with Crippen molar-refractivity contribution >= 4 is 20.0 Å². The fourth-order valence-electron chi connectivity index (χ4n) is 4.09. The van der Waals surface area contributed by atoms with Gasteiger partial charge < -0.3 is 9.84 Å². The lowest BCUT2D eigenvalue weighted by molar-refractivity contribution is 0.0755. The Kier molecular flexibility index (Phi) is 4.96. The summed E-state index contributed by atoms with van der Waals surface area (Å²) >= 11 is 0. The smallest absolute Gasteiger partial charge is 0.141 e. The quantitative estimate of drug-likeness (QED) is 0.416. The van der Waals surface area contributed by atoms with Gasteiger partial charge >= 0.3 is 0 Å². The van der Waals surface area contributed by atoms with E-state index >= 15 is 0 Å². The Morgan fingerprint density at radius 1 is 1.36 bits per heavy atom. The van der Waals surface area contributed by atoms with Gasteiger partial charge in [-0.05, 0) is 48.8 Å². The molecule has 1 fully saturated rings. The summed E-state index contributed by atoms with van der Waals surface area (Å²) in [5, 5.41) is 14.8. The Morgan fingerprint density at radius 3 is 2.89 bits per heavy atom. The van der Waals surface area contributed by atoms with Crippen LogP contribution in [0.25, 0.3) is 0 Å². The number of ether oxygens (including phenoxy) is 1. The molecule has 0 saturated heterocycles. The van der Waals surface area contributed by atoms with Gasteiger partial charge in [-0.1, -0.05) is 38.7 Å². The van der Waals surface area contributed by atoms with Gasteiger partial charge in [0.15, 0.2) is 0 Å². The molecule has 2 aliphatic rings. The van der Waals surface area contributed by atoms with Crippen LogP contribution in [0.2, 0.25) is 25.7 Å². The van der Waals surface area contributed by atoms with E-state index in [1.54, 1.807) is 18.3 Å². The molecular weight excluding hydrogens is 366 g/mol. The number of para-hydroxylation sites is 2. The molecule has 1 aromatic heterocycles. The number of fused-ring (bicyclic) bond motifs is 2. The van der Waals surface area contributed by atoms with Crippen LogP contribution in [0, 0.1) is 11.3 Å². The van der Waals surface area contributed by atoms with Crippen molar-refractivity contribution in [3.63, 3.8) is 0 Å². The Balaban J connectivity index is 1.55. The Bertz CT molecular complexity index is 900. The number of hydrogen-bond donors (Lipinski definition) is 1. The number of aromatic hydroxyl groups is 1. The van der Waals surface area contributed by atoms with Gasteiger partial charge in [0.2, 0.25) is 0 Å². The topological polar surface area (TPSA) is 59.6 Å². The third kappa shape index (κ3) is 4.08. The molecule has 1 saturated carbocycles. The lowest BCUT2D eigenvalue weighted by Gasteiger charge is -2.20. The van der Waals surface area contributed by atoms with Crippen molar-refractivity contribution in [3.8, 4) is 5.75 Å². The normalized spacial score (nSPS) is 23.6. The van der Waals surface area contributed by atoms with Crippen LogP contribution in [0.15, 0.2) is 29.3 Å². The predicted octanol–water partition coefficient (Wildman–Crippen LogP) is 4.78. The van der Waals surface area contributed by atoms with Gasteiger partial charge in [0.05, 0.1) is 6.21 Å². The monoisotopic (exact) mass is 397 g/mol. The van der Waals surface area contributed by atoms with Crippen LogP contribution >= 0.6 is 0 Å². The highest BCUT2D eigenvalue weighted by Gasteiger charge is 2.53. The number of benzene rings is 1. The zero-order valence-corrected chi connectivity index (χ0v) is 18.4. The maximum absolute atomic E-state index is 9.97. The van der Waals surface area contributed by atoms with Gasteiger partial charge in [-0.25, -0.2) is 4.68 Å². The first-order valence-electron chi connectivity index (χ1n) is 10.2. The van der Waals surface area contributed by atoms with E-state index < -0.39 is 8.07 Å². The molecule has 0 spiro atoms. The SMILES string of the molecule is C[C@@]12Cc3c(c(C=Nc4ccccc4O)nn3COCC[Si](C)(C)C)C[C@@H]1C2. The van der Waals surface area contributed by atoms with Gasteiger partial charge in [-0.2, -0.15) is 5.10 Å². The molecule has 2 aromatic rings. The highest BCUT2D eigenvalue weighted by Crippen LogP contribution is 2.59. The molecule has 2 atom stereocenters. The molecule has 28 heavy (non-hydrogen) atoms. The molecule has 1 aromatic carbocycles. The largest absolute Gasteiger partial charge is 0.506 e. The first-order chi connectivity index (χ1) is 13.3. The number of phenolic OH excluding ortho intramolecular Hbond substituents is 1. The molecule has 0 unspecified atom stereocenters. The second-order valence-electron chi connectivity index (χ2n) is 9.84. The summed E-state index contributed by atoms with van der Waals surface area (Å²) in [6, 6.07) is 8.31. The average molecular weight is 398 g/mol. The number of rotatable bonds is 7. The lowest BCUT2D eigenvalue weighted by atomic mass is 9.88. The van der Waals surface area contributed by atoms with E-state index in [9.17, 15) is 5.11 Å². The van der Waals surface area contributed by atoms with Crippen LogP contribution in [-0.4, -0.2) is 35.8 Å². The van der Waals surface area contributed by atoms with Crippen LogP contribution in [0.5, 0.6) is 5.75 Å². The third-order valence-electron chi connectivity index (χ3n) is 6.18. The number of nitrogens with zero attached hydrogens (tertiary/aromatic N) is 3. The second kappa shape index (κ2) is 7.15. The molecule has 2 aliphatic carbocycles. The third-order valence-corrected chi connectivity index (χ3v) is 7.88. The van der Waals surface area contributed by atoms with Gasteiger partial charge in [0.25, 0.3) is 0 Å². The summed E-state index contributed by atoms with van der Waals surface area (Å²) in [7, 11) is -1.09. The molecule has 0 radical (unpaired) electrons. The van der Waals surface area contributed by atoms with Gasteiger partial charge in [0, 0.05) is 25.9 Å². The molecule has 0 bridgehead atoms. The van der Waals surface area contributed by atoms with Gasteiger partial charge in [0.1, 0.15) is 23.9 Å². The highest BCUT2D eigenvalue weighted by molar-refractivity contribution is 6.76. The van der Waals surface area contributed by atoms with E-state index in [0.29, 0.717) is 17.8 Å². The summed E-state index contributed by atoms with van der Waals surface area (Å²) in [5.74, 6) is 0.958. The van der Waals surface area contributed by atoms with Crippen LogP contribution in [-0.2, 0) is 24.3 Å². The molecule has 5 nitrogen and oxygen atoms in total. The zero-order chi connectivity index (χ0) is 19.9. The van der Waals surface area contributed by atoms with E-state index in [2.05, 4.69) is 31.6 Å². The zero-order valence-electron chi connectivity index (χ0n) is 17.4. The molecule has 6 heteroatoms. The maximum atomic E-state index is 9.97. The maximum Gasteiger partial charge on any atom is 0.141 e. The Hall–Kier alpha value is -1.92. The van der Waals surface area contributed by atoms with E-state index in [0.717, 1.165) is 37.1 Å². The minimum absolute atomic E-state index is 0.191. The van der Waals surface area contributed by atoms with Crippen LogP contribution < -0.4 is 0 Å². The van der Waals surface area contributed by atoms with Crippen LogP contribution in [0.1, 0.15) is 30.3 Å². The summed E-state index contributed by atoms with van der Waals surface area (Å²) in [6.07, 6.45) is 5.25. The first kappa shape index (κ1) is 19.4. The summed E-state index contributed by atoms with van der Waals surface area (Å²) < 4.78 is 8.04. The molecule has 1 N–H and O–H groups in total. The van der Waals surface area contributed by atoms with E-state index in [1.165, 1.54) is 17.7 Å². The minimum Gasteiger partial charge on any atom is -0.506 e. The number of hydrogen-bond acceptors (Lipinski definition) is 4.